The second kappa shape index (κ2) is 5.22. The van der Waals surface area contributed by atoms with Gasteiger partial charge in [-0.05, 0) is 26.3 Å². The molecular weight excluding hydrogens is 240 g/mol. The summed E-state index contributed by atoms with van der Waals surface area (Å²) < 4.78 is 22.8. The fourth-order valence-corrected chi connectivity index (χ4v) is 4.17. The first-order valence-electron chi connectivity index (χ1n) is 6.28. The number of hydrogen-bond donors (Lipinski definition) is 2. The molecule has 2 atom stereocenters. The van der Waals surface area contributed by atoms with Gasteiger partial charge >= 0.3 is 0 Å². The van der Waals surface area contributed by atoms with Crippen molar-refractivity contribution < 1.29 is 13.5 Å². The van der Waals surface area contributed by atoms with Crippen LogP contribution in [0, 0.1) is 0 Å². The molecule has 2 unspecified atom stereocenters. The number of nitrogens with one attached hydrogen (secondary N) is 1. The molecule has 1 saturated heterocycles. The van der Waals surface area contributed by atoms with Gasteiger partial charge in [0.25, 0.3) is 0 Å². The van der Waals surface area contributed by atoms with E-state index < -0.39 is 9.84 Å². The first-order chi connectivity index (χ1) is 8.00. The third-order valence-electron chi connectivity index (χ3n) is 3.61. The number of aliphatic hydroxyl groups is 1. The average molecular weight is 262 g/mol. The van der Waals surface area contributed by atoms with Crippen LogP contribution < -0.4 is 5.32 Å². The first-order valence-corrected chi connectivity index (χ1v) is 8.10. The molecule has 0 bridgehead atoms. The average Bonchev–Trinajstić information content (AvgIpc) is 3.00. The maximum Gasteiger partial charge on any atom is 0.151 e. The summed E-state index contributed by atoms with van der Waals surface area (Å²) in [6.07, 6.45) is 3.11. The molecule has 5 nitrogen and oxygen atoms in total. The number of sulfone groups is 1. The van der Waals surface area contributed by atoms with Gasteiger partial charge in [0.05, 0.1) is 18.1 Å². The quantitative estimate of drug-likeness (QED) is 0.657. The molecule has 1 aliphatic heterocycles. The predicted octanol–water partition coefficient (Wildman–Crippen LogP) is -0.782. The summed E-state index contributed by atoms with van der Waals surface area (Å²) in [4.78, 5) is 2.07. The van der Waals surface area contributed by atoms with Crippen molar-refractivity contribution in [3.05, 3.63) is 0 Å². The SMILES string of the molecule is CN(CC(CO)NC1CC1)C1CCS(=O)(=O)C1. The van der Waals surface area contributed by atoms with Crippen LogP contribution in [0.5, 0.6) is 0 Å². The first kappa shape index (κ1) is 13.3. The van der Waals surface area contributed by atoms with Gasteiger partial charge in [0.1, 0.15) is 0 Å². The van der Waals surface area contributed by atoms with Gasteiger partial charge in [0.15, 0.2) is 9.84 Å². The Morgan fingerprint density at radius 2 is 2.12 bits per heavy atom. The van der Waals surface area contributed by atoms with Crippen LogP contribution in [-0.4, -0.2) is 68.3 Å². The molecule has 1 saturated carbocycles. The zero-order chi connectivity index (χ0) is 12.5. The van der Waals surface area contributed by atoms with E-state index in [-0.39, 0.29) is 24.4 Å². The third-order valence-corrected chi connectivity index (χ3v) is 5.36. The summed E-state index contributed by atoms with van der Waals surface area (Å²) in [6, 6.07) is 0.749. The summed E-state index contributed by atoms with van der Waals surface area (Å²) >= 11 is 0. The molecule has 0 amide bonds. The minimum atomic E-state index is -2.82. The Bertz CT molecular complexity index is 354. The molecule has 1 aliphatic carbocycles. The minimum absolute atomic E-state index is 0.0656. The van der Waals surface area contributed by atoms with E-state index in [1.807, 2.05) is 7.05 Å². The van der Waals surface area contributed by atoms with Crippen molar-refractivity contribution >= 4 is 9.84 Å². The fourth-order valence-electron chi connectivity index (χ4n) is 2.37. The van der Waals surface area contributed by atoms with Crippen molar-refractivity contribution in [3.8, 4) is 0 Å². The minimum Gasteiger partial charge on any atom is -0.395 e. The number of aliphatic hydroxyl groups excluding tert-OH is 1. The van der Waals surface area contributed by atoms with Crippen molar-refractivity contribution in [3.63, 3.8) is 0 Å². The van der Waals surface area contributed by atoms with Gasteiger partial charge in [-0.2, -0.15) is 0 Å². The molecule has 0 aromatic carbocycles. The van der Waals surface area contributed by atoms with E-state index in [4.69, 9.17) is 0 Å². The van der Waals surface area contributed by atoms with E-state index in [2.05, 4.69) is 10.2 Å². The van der Waals surface area contributed by atoms with Crippen LogP contribution in [0.15, 0.2) is 0 Å². The van der Waals surface area contributed by atoms with Crippen LogP contribution >= 0.6 is 0 Å². The van der Waals surface area contributed by atoms with Gasteiger partial charge in [0, 0.05) is 24.7 Å². The predicted molar refractivity (Wildman–Crippen MR) is 66.7 cm³/mol. The maximum absolute atomic E-state index is 11.4. The molecule has 100 valence electrons. The molecule has 2 N–H and O–H groups in total. The highest BCUT2D eigenvalue weighted by atomic mass is 32.2. The number of rotatable bonds is 6. The Hall–Kier alpha value is -0.170. The van der Waals surface area contributed by atoms with Crippen molar-refractivity contribution in [2.24, 2.45) is 0 Å². The van der Waals surface area contributed by atoms with Crippen LogP contribution in [-0.2, 0) is 9.84 Å². The Morgan fingerprint density at radius 1 is 1.41 bits per heavy atom. The van der Waals surface area contributed by atoms with Gasteiger partial charge in [-0.15, -0.1) is 0 Å². The van der Waals surface area contributed by atoms with Crippen molar-refractivity contribution in [1.82, 2.24) is 10.2 Å². The highest BCUT2D eigenvalue weighted by Crippen LogP contribution is 2.20. The number of hydrogen-bond acceptors (Lipinski definition) is 5. The lowest BCUT2D eigenvalue weighted by Crippen LogP contribution is -2.46. The fraction of sp³-hybridized carbons (Fsp3) is 1.00. The van der Waals surface area contributed by atoms with E-state index in [0.29, 0.717) is 18.3 Å². The van der Waals surface area contributed by atoms with Crippen molar-refractivity contribution in [2.75, 3.05) is 31.7 Å². The standard InChI is InChI=1S/C11H22N2O3S/c1-13(11-4-5-17(15,16)8-11)6-10(7-14)12-9-2-3-9/h9-12,14H,2-8H2,1H3. The van der Waals surface area contributed by atoms with Gasteiger partial charge < -0.3 is 15.3 Å². The molecule has 2 aliphatic rings. The van der Waals surface area contributed by atoms with Gasteiger partial charge in [0.2, 0.25) is 0 Å². The molecule has 0 aromatic rings. The highest BCUT2D eigenvalue weighted by Gasteiger charge is 2.32. The van der Waals surface area contributed by atoms with E-state index >= 15 is 0 Å². The summed E-state index contributed by atoms with van der Waals surface area (Å²) in [7, 11) is -0.871. The summed E-state index contributed by atoms with van der Waals surface area (Å²) in [5.41, 5.74) is 0. The lowest BCUT2D eigenvalue weighted by molar-refractivity contribution is 0.175. The van der Waals surface area contributed by atoms with Crippen LogP contribution in [0.4, 0.5) is 0 Å². The van der Waals surface area contributed by atoms with Gasteiger partial charge in [-0.1, -0.05) is 0 Å². The zero-order valence-corrected chi connectivity index (χ0v) is 11.1. The molecular formula is C11H22N2O3S. The topological polar surface area (TPSA) is 69.6 Å². The van der Waals surface area contributed by atoms with Crippen molar-refractivity contribution in [1.29, 1.82) is 0 Å². The second-order valence-corrected chi connectivity index (χ2v) is 7.55. The Labute approximate surface area is 103 Å². The van der Waals surface area contributed by atoms with Crippen LogP contribution in [0.2, 0.25) is 0 Å². The summed E-state index contributed by atoms with van der Waals surface area (Å²) in [5, 5.41) is 12.7. The van der Waals surface area contributed by atoms with Crippen LogP contribution in [0.25, 0.3) is 0 Å². The lowest BCUT2D eigenvalue weighted by Gasteiger charge is -2.27. The summed E-state index contributed by atoms with van der Waals surface area (Å²) in [6.45, 7) is 0.827. The summed E-state index contributed by atoms with van der Waals surface area (Å²) in [5.74, 6) is 0.576. The lowest BCUT2D eigenvalue weighted by atomic mass is 10.2. The highest BCUT2D eigenvalue weighted by molar-refractivity contribution is 7.91. The maximum atomic E-state index is 11.4. The smallest absolute Gasteiger partial charge is 0.151 e. The Morgan fingerprint density at radius 3 is 2.59 bits per heavy atom. The monoisotopic (exact) mass is 262 g/mol. The molecule has 2 rings (SSSR count). The number of likely N-dealkylation sites (N-methyl/N-ethyl adjacent to an activating group) is 1. The van der Waals surface area contributed by atoms with Crippen LogP contribution in [0.3, 0.4) is 0 Å². The van der Waals surface area contributed by atoms with Crippen LogP contribution in [0.1, 0.15) is 19.3 Å². The Balaban J connectivity index is 1.80. The van der Waals surface area contributed by atoms with Gasteiger partial charge in [-0.3, -0.25) is 0 Å². The third kappa shape index (κ3) is 3.91. The van der Waals surface area contributed by atoms with Crippen molar-refractivity contribution in [2.45, 2.75) is 37.4 Å². The van der Waals surface area contributed by atoms with Gasteiger partial charge in [-0.25, -0.2) is 8.42 Å². The number of nitrogens with zero attached hydrogens (tertiary/aromatic N) is 1. The molecule has 17 heavy (non-hydrogen) atoms. The molecule has 0 aromatic heterocycles. The normalized spacial score (nSPS) is 29.7. The molecule has 0 spiro atoms. The molecule has 1 heterocycles. The van der Waals surface area contributed by atoms with E-state index in [9.17, 15) is 13.5 Å². The largest absolute Gasteiger partial charge is 0.395 e. The van der Waals surface area contributed by atoms with E-state index in [0.717, 1.165) is 6.42 Å². The molecule has 6 heteroatoms. The molecule has 2 fully saturated rings. The molecule has 0 radical (unpaired) electrons. The van der Waals surface area contributed by atoms with E-state index in [1.54, 1.807) is 0 Å². The zero-order valence-electron chi connectivity index (χ0n) is 10.3. The second-order valence-electron chi connectivity index (χ2n) is 5.32. The van der Waals surface area contributed by atoms with E-state index in [1.165, 1.54) is 12.8 Å². The Kier molecular flexibility index (Phi) is 4.07.